The predicted molar refractivity (Wildman–Crippen MR) is 180 cm³/mol. The molecule has 0 heterocycles. The summed E-state index contributed by atoms with van der Waals surface area (Å²) in [5.74, 6) is -2.88. The lowest BCUT2D eigenvalue weighted by Crippen LogP contribution is -2.48. The molecule has 0 saturated carbocycles. The molecule has 0 bridgehead atoms. The number of anilines is 1. The number of nitrogens with two attached hydrogens (primary N) is 2. The Morgan fingerprint density at radius 3 is 2.13 bits per heavy atom. The number of hydrogen-bond donors (Lipinski definition) is 6. The third-order valence-electron chi connectivity index (χ3n) is 7.43. The van der Waals surface area contributed by atoms with Gasteiger partial charge in [0, 0.05) is 11.3 Å². The molecule has 3 amide bonds. The molecule has 0 aliphatic carbocycles. The molecule has 0 aromatic heterocycles. The minimum atomic E-state index is -1.38. The summed E-state index contributed by atoms with van der Waals surface area (Å²) < 4.78 is 6.09. The maximum Gasteiger partial charge on any atom is 0.305 e. The molecule has 2 aromatic carbocycles. The lowest BCUT2D eigenvalue weighted by Gasteiger charge is -2.39. The minimum absolute atomic E-state index is 0.0699. The van der Waals surface area contributed by atoms with Gasteiger partial charge in [-0.2, -0.15) is 0 Å². The van der Waals surface area contributed by atoms with E-state index in [-0.39, 0.29) is 27.8 Å². The summed E-state index contributed by atoms with van der Waals surface area (Å²) in [4.78, 5) is 53.3. The van der Waals surface area contributed by atoms with E-state index < -0.39 is 42.7 Å². The molecule has 0 fully saturated rings. The van der Waals surface area contributed by atoms with Gasteiger partial charge in [0.2, 0.25) is 11.8 Å². The van der Waals surface area contributed by atoms with Crippen LogP contribution in [0, 0.1) is 16.2 Å². The molecule has 12 nitrogen and oxygen atoms in total. The van der Waals surface area contributed by atoms with Crippen molar-refractivity contribution in [1.29, 1.82) is 0 Å². The number of rotatable bonds is 17. The van der Waals surface area contributed by atoms with Crippen LogP contribution in [0.2, 0.25) is 0 Å². The highest BCUT2D eigenvalue weighted by Crippen LogP contribution is 2.43. The summed E-state index contributed by atoms with van der Waals surface area (Å²) in [5.41, 5.74) is 12.0. The van der Waals surface area contributed by atoms with Crippen LogP contribution in [0.4, 0.5) is 11.4 Å². The van der Waals surface area contributed by atoms with E-state index in [1.54, 1.807) is 36.4 Å². The number of carboxylic acid groups (broad SMARTS) is 1. The lowest BCUT2D eigenvalue weighted by atomic mass is 9.67. The number of nitrogens with zero attached hydrogens (tertiary/aromatic N) is 1. The summed E-state index contributed by atoms with van der Waals surface area (Å²) in [5, 5.41) is 16.7. The highest BCUT2D eigenvalue weighted by atomic mass is 16.5. The molecule has 12 heteroatoms. The number of aliphatic carboxylic acids is 1. The first-order valence-electron chi connectivity index (χ1n) is 15.3. The van der Waals surface area contributed by atoms with Crippen molar-refractivity contribution in [3.63, 3.8) is 0 Å². The number of carbonyl (C=O) groups excluding carboxylic acids is 3. The van der Waals surface area contributed by atoms with Gasteiger partial charge in [-0.3, -0.25) is 19.2 Å². The van der Waals surface area contributed by atoms with Crippen LogP contribution >= 0.6 is 0 Å². The second-order valence-electron chi connectivity index (χ2n) is 14.0. The van der Waals surface area contributed by atoms with E-state index in [0.29, 0.717) is 23.7 Å². The zero-order valence-corrected chi connectivity index (χ0v) is 28.0. The van der Waals surface area contributed by atoms with Crippen LogP contribution in [0.5, 0.6) is 5.75 Å². The fourth-order valence-corrected chi connectivity index (χ4v) is 5.73. The Bertz CT molecular complexity index is 1400. The number of carboxylic acids is 1. The van der Waals surface area contributed by atoms with Crippen molar-refractivity contribution in [1.82, 2.24) is 10.6 Å². The average molecular weight is 639 g/mol. The largest absolute Gasteiger partial charge is 0.493 e. The van der Waals surface area contributed by atoms with E-state index in [0.717, 1.165) is 19.3 Å². The Balaban J connectivity index is 1.94. The highest BCUT2D eigenvalue weighted by Gasteiger charge is 2.34. The van der Waals surface area contributed by atoms with Gasteiger partial charge in [-0.15, -0.1) is 0 Å². The van der Waals surface area contributed by atoms with Gasteiger partial charge in [0.25, 0.3) is 5.91 Å². The lowest BCUT2D eigenvalue weighted by molar-refractivity contribution is -0.139. The predicted octanol–water partition coefficient (Wildman–Crippen LogP) is 4.57. The third-order valence-corrected chi connectivity index (χ3v) is 7.43. The number of nitrogens with one attached hydrogen (secondary N) is 3. The molecule has 1 atom stereocenters. The Labute approximate surface area is 271 Å². The molecule has 8 N–H and O–H groups in total. The number of ether oxygens (including phenoxy) is 1. The molecular weight excluding hydrogens is 588 g/mol. The van der Waals surface area contributed by atoms with Crippen LogP contribution in [0.3, 0.4) is 0 Å². The molecule has 0 aliphatic rings. The van der Waals surface area contributed by atoms with E-state index >= 15 is 0 Å². The molecule has 2 rings (SSSR count). The van der Waals surface area contributed by atoms with Gasteiger partial charge in [-0.1, -0.05) is 61.0 Å². The topological polar surface area (TPSA) is 198 Å². The molecule has 0 aliphatic heterocycles. The molecule has 46 heavy (non-hydrogen) atoms. The van der Waals surface area contributed by atoms with E-state index in [1.165, 1.54) is 12.1 Å². The van der Waals surface area contributed by atoms with Gasteiger partial charge in [-0.05, 0) is 71.6 Å². The molecule has 0 radical (unpaired) electrons. The highest BCUT2D eigenvalue weighted by molar-refractivity contribution is 6.00. The zero-order valence-electron chi connectivity index (χ0n) is 28.0. The van der Waals surface area contributed by atoms with Crippen molar-refractivity contribution < 1.29 is 29.0 Å². The van der Waals surface area contributed by atoms with Crippen LogP contribution < -0.4 is 32.2 Å². The Morgan fingerprint density at radius 1 is 0.913 bits per heavy atom. The van der Waals surface area contributed by atoms with Gasteiger partial charge >= 0.3 is 5.97 Å². The van der Waals surface area contributed by atoms with Crippen LogP contribution in [0.1, 0.15) is 84.5 Å². The average Bonchev–Trinajstić information content (AvgIpc) is 2.93. The zero-order chi connectivity index (χ0) is 34.7. The molecule has 0 saturated heterocycles. The quantitative estimate of drug-likeness (QED) is 0.107. The monoisotopic (exact) mass is 638 g/mol. The molecular formula is C34H50N6O6. The minimum Gasteiger partial charge on any atom is -0.493 e. The van der Waals surface area contributed by atoms with Gasteiger partial charge in [0.1, 0.15) is 11.8 Å². The summed E-state index contributed by atoms with van der Waals surface area (Å²) in [6.07, 6.45) is 2.57. The van der Waals surface area contributed by atoms with Crippen molar-refractivity contribution in [3.05, 3.63) is 54.1 Å². The van der Waals surface area contributed by atoms with Crippen molar-refractivity contribution in [2.45, 2.75) is 80.2 Å². The normalized spacial score (nSPS) is 12.4. The van der Waals surface area contributed by atoms with E-state index in [4.69, 9.17) is 16.2 Å². The maximum absolute atomic E-state index is 12.9. The number of amides is 3. The van der Waals surface area contributed by atoms with E-state index in [1.807, 2.05) is 0 Å². The van der Waals surface area contributed by atoms with Gasteiger partial charge in [-0.25, -0.2) is 4.99 Å². The SMILES string of the molecule is CCC(C)(C)CC(C)(C)CC(C)(C)COc1ccc(NC(=O)[C@H](CC(=O)O)NC(=O)CNC(=O)c2cccc(N=C(N)N)c2)cc1. The van der Waals surface area contributed by atoms with Gasteiger partial charge in [0.05, 0.1) is 25.3 Å². The van der Waals surface area contributed by atoms with Crippen molar-refractivity contribution in [3.8, 4) is 5.75 Å². The first kappa shape index (κ1) is 37.6. The third kappa shape index (κ3) is 13.6. The molecule has 0 spiro atoms. The van der Waals surface area contributed by atoms with Crippen molar-refractivity contribution in [2.75, 3.05) is 18.5 Å². The molecule has 252 valence electrons. The van der Waals surface area contributed by atoms with Crippen molar-refractivity contribution in [2.24, 2.45) is 32.7 Å². The van der Waals surface area contributed by atoms with Crippen molar-refractivity contribution >= 4 is 41.0 Å². The summed E-state index contributed by atoms with van der Waals surface area (Å²) in [6, 6.07) is 11.4. The first-order chi connectivity index (χ1) is 21.3. The second-order valence-corrected chi connectivity index (χ2v) is 14.0. The fraction of sp³-hybridized carbons (Fsp3) is 0.500. The maximum atomic E-state index is 12.9. The number of carbonyl (C=O) groups is 4. The first-order valence-corrected chi connectivity index (χ1v) is 15.3. The van der Waals surface area contributed by atoms with Crippen LogP contribution in [0.15, 0.2) is 53.5 Å². The summed E-state index contributed by atoms with van der Waals surface area (Å²) in [6.45, 7) is 15.8. The number of benzene rings is 2. The smallest absolute Gasteiger partial charge is 0.305 e. The second kappa shape index (κ2) is 16.1. The number of guanidine groups is 1. The number of aliphatic imine (C=N–C) groups is 1. The molecule has 0 unspecified atom stereocenters. The van der Waals surface area contributed by atoms with Crippen LogP contribution in [-0.4, -0.2) is 54.0 Å². The Kier molecular flexibility index (Phi) is 13.2. The Hall–Kier alpha value is -4.61. The molecule has 2 aromatic rings. The van der Waals surface area contributed by atoms with Crippen LogP contribution in [0.25, 0.3) is 0 Å². The fourth-order valence-electron chi connectivity index (χ4n) is 5.73. The number of hydrogen-bond acceptors (Lipinski definition) is 6. The van der Waals surface area contributed by atoms with E-state index in [2.05, 4.69) is 69.4 Å². The summed E-state index contributed by atoms with van der Waals surface area (Å²) >= 11 is 0. The standard InChI is InChI=1S/C34H50N6O6/c1-8-32(2,3)19-33(4,5)20-34(6,7)21-46-25-14-12-23(13-15-25)38-30(45)26(17-28(42)43)40-27(41)18-37-29(44)22-10-9-11-24(16-22)39-31(35)36/h9-16,26H,8,17-21H2,1-7H3,(H,37,44)(H,38,45)(H,40,41)(H,42,43)(H4,35,36,39)/t26-/m0/s1. The van der Waals surface area contributed by atoms with Gasteiger partial charge < -0.3 is 37.3 Å². The Morgan fingerprint density at radius 2 is 1.54 bits per heavy atom. The van der Waals surface area contributed by atoms with Gasteiger partial charge in [0.15, 0.2) is 5.96 Å². The van der Waals surface area contributed by atoms with Crippen LogP contribution in [-0.2, 0) is 14.4 Å². The summed E-state index contributed by atoms with van der Waals surface area (Å²) in [7, 11) is 0. The van der Waals surface area contributed by atoms with E-state index in [9.17, 15) is 24.3 Å².